The van der Waals surface area contributed by atoms with E-state index in [1.165, 1.54) is 0 Å². The second-order valence-electron chi connectivity index (χ2n) is 7.37. The number of amides is 1. The second kappa shape index (κ2) is 5.99. The fourth-order valence-electron chi connectivity index (χ4n) is 2.12. The molecule has 0 saturated heterocycles. The van der Waals surface area contributed by atoms with E-state index in [1.54, 1.807) is 12.1 Å². The Kier molecular flexibility index (Phi) is 4.90. The van der Waals surface area contributed by atoms with Gasteiger partial charge in [0.25, 0.3) is 0 Å². The molecular weight excluding hydrogens is 282 g/mol. The van der Waals surface area contributed by atoms with Crippen molar-refractivity contribution in [3.63, 3.8) is 0 Å². The van der Waals surface area contributed by atoms with E-state index in [-0.39, 0.29) is 16.6 Å². The molecule has 2 N–H and O–H groups in total. The monoisotopic (exact) mass is 307 g/mol. The zero-order valence-corrected chi connectivity index (χ0v) is 14.3. The molecule has 0 unspecified atom stereocenters. The van der Waals surface area contributed by atoms with Crippen LogP contribution in [0, 0.1) is 0 Å². The van der Waals surface area contributed by atoms with Crippen molar-refractivity contribution in [2.24, 2.45) is 0 Å². The maximum absolute atomic E-state index is 11.7. The van der Waals surface area contributed by atoms with Crippen molar-refractivity contribution in [3.8, 4) is 5.75 Å². The molecule has 0 aliphatic heterocycles. The van der Waals surface area contributed by atoms with Crippen LogP contribution >= 0.6 is 0 Å². The summed E-state index contributed by atoms with van der Waals surface area (Å²) in [5.74, 6) is -1.58. The summed E-state index contributed by atoms with van der Waals surface area (Å²) in [6, 6.07) is 3.37. The fraction of sp³-hybridized carbons (Fsp3) is 0.529. The number of carbonyl (C=O) groups is 2. The molecule has 0 heterocycles. The predicted molar refractivity (Wildman–Crippen MR) is 86.2 cm³/mol. The van der Waals surface area contributed by atoms with Crippen molar-refractivity contribution in [2.45, 2.75) is 52.4 Å². The van der Waals surface area contributed by atoms with Crippen LogP contribution in [0.2, 0.25) is 0 Å². The van der Waals surface area contributed by atoms with Crippen molar-refractivity contribution in [3.05, 3.63) is 23.3 Å². The van der Waals surface area contributed by atoms with Gasteiger partial charge in [-0.1, -0.05) is 41.5 Å². The smallest absolute Gasteiger partial charge is 0.396 e. The maximum atomic E-state index is 11.7. The van der Waals surface area contributed by atoms with Crippen LogP contribution in [0.1, 0.15) is 52.7 Å². The Balaban J connectivity index is 3.42. The molecule has 0 aromatic heterocycles. The zero-order chi connectivity index (χ0) is 17.3. The standard InChI is InChI=1S/C17H25NO4/c1-16(2,3)11-8-10(18-14(20)15(21)22-7)9-12(13(11)19)17(4,5)6/h8-9,19H,1-7H3,(H,18,20). The summed E-state index contributed by atoms with van der Waals surface area (Å²) in [6.45, 7) is 11.8. The minimum absolute atomic E-state index is 0.219. The lowest BCUT2D eigenvalue weighted by atomic mass is 9.79. The van der Waals surface area contributed by atoms with E-state index in [9.17, 15) is 14.7 Å². The molecule has 0 aliphatic carbocycles. The average molecular weight is 307 g/mol. The number of methoxy groups -OCH3 is 1. The highest BCUT2D eigenvalue weighted by molar-refractivity contribution is 6.37. The summed E-state index contributed by atoms with van der Waals surface area (Å²) in [7, 11) is 1.15. The zero-order valence-electron chi connectivity index (χ0n) is 14.3. The Hall–Kier alpha value is -2.04. The number of esters is 1. The number of hydrogen-bond donors (Lipinski definition) is 2. The maximum Gasteiger partial charge on any atom is 0.396 e. The van der Waals surface area contributed by atoms with E-state index in [1.807, 2.05) is 41.5 Å². The van der Waals surface area contributed by atoms with Gasteiger partial charge in [0.1, 0.15) is 5.75 Å². The number of nitrogens with one attached hydrogen (secondary N) is 1. The summed E-state index contributed by atoms with van der Waals surface area (Å²) in [4.78, 5) is 23.0. The summed E-state index contributed by atoms with van der Waals surface area (Å²) < 4.78 is 4.40. The van der Waals surface area contributed by atoms with Crippen LogP contribution in [0.25, 0.3) is 0 Å². The molecule has 5 nitrogen and oxygen atoms in total. The first kappa shape index (κ1) is 18.0. The van der Waals surface area contributed by atoms with Crippen molar-refractivity contribution >= 4 is 17.6 Å². The fourth-order valence-corrected chi connectivity index (χ4v) is 2.12. The normalized spacial score (nSPS) is 12.0. The number of hydrogen-bond acceptors (Lipinski definition) is 4. The Morgan fingerprint density at radius 1 is 1.00 bits per heavy atom. The molecule has 1 rings (SSSR count). The lowest BCUT2D eigenvalue weighted by Crippen LogP contribution is -2.25. The molecule has 0 radical (unpaired) electrons. The highest BCUT2D eigenvalue weighted by Gasteiger charge is 2.27. The largest absolute Gasteiger partial charge is 0.507 e. The van der Waals surface area contributed by atoms with Crippen molar-refractivity contribution < 1.29 is 19.4 Å². The molecule has 0 saturated carbocycles. The first-order valence-corrected chi connectivity index (χ1v) is 7.15. The van der Waals surface area contributed by atoms with Crippen LogP contribution < -0.4 is 5.32 Å². The highest BCUT2D eigenvalue weighted by atomic mass is 16.5. The molecule has 0 fully saturated rings. The van der Waals surface area contributed by atoms with Gasteiger partial charge in [-0.3, -0.25) is 4.79 Å². The van der Waals surface area contributed by atoms with Gasteiger partial charge in [0, 0.05) is 16.8 Å². The van der Waals surface area contributed by atoms with Crippen LogP contribution in [0.5, 0.6) is 5.75 Å². The average Bonchev–Trinajstić information content (AvgIpc) is 2.36. The minimum Gasteiger partial charge on any atom is -0.507 e. The summed E-state index contributed by atoms with van der Waals surface area (Å²) in [6.07, 6.45) is 0. The molecule has 1 amide bonds. The molecule has 0 atom stereocenters. The number of aromatic hydroxyl groups is 1. The molecule has 5 heteroatoms. The van der Waals surface area contributed by atoms with Crippen LogP contribution in [-0.2, 0) is 25.2 Å². The van der Waals surface area contributed by atoms with E-state index in [0.717, 1.165) is 7.11 Å². The first-order valence-electron chi connectivity index (χ1n) is 7.15. The van der Waals surface area contributed by atoms with Gasteiger partial charge in [0.2, 0.25) is 0 Å². The third kappa shape index (κ3) is 4.00. The van der Waals surface area contributed by atoms with Gasteiger partial charge in [-0.05, 0) is 23.0 Å². The van der Waals surface area contributed by atoms with Crippen LogP contribution in [0.4, 0.5) is 5.69 Å². The third-order valence-electron chi connectivity index (χ3n) is 3.35. The molecule has 1 aromatic rings. The summed E-state index contributed by atoms with van der Waals surface area (Å²) in [5.41, 5.74) is 1.26. The van der Waals surface area contributed by atoms with Gasteiger partial charge in [-0.15, -0.1) is 0 Å². The van der Waals surface area contributed by atoms with Gasteiger partial charge < -0.3 is 15.2 Å². The van der Waals surface area contributed by atoms with Gasteiger partial charge in [-0.2, -0.15) is 0 Å². The summed E-state index contributed by atoms with van der Waals surface area (Å²) >= 11 is 0. The van der Waals surface area contributed by atoms with E-state index in [2.05, 4.69) is 10.1 Å². The second-order valence-corrected chi connectivity index (χ2v) is 7.37. The SMILES string of the molecule is COC(=O)C(=O)Nc1cc(C(C)(C)C)c(O)c(C(C)(C)C)c1. The Morgan fingerprint density at radius 3 is 1.73 bits per heavy atom. The Labute approximate surface area is 131 Å². The number of rotatable bonds is 1. The topological polar surface area (TPSA) is 75.6 Å². The molecule has 0 bridgehead atoms. The van der Waals surface area contributed by atoms with Crippen LogP contribution in [0.3, 0.4) is 0 Å². The van der Waals surface area contributed by atoms with Gasteiger partial charge >= 0.3 is 11.9 Å². The predicted octanol–water partition coefficient (Wildman–Crippen LogP) is 3.10. The van der Waals surface area contributed by atoms with Gasteiger partial charge in [0.15, 0.2) is 0 Å². The van der Waals surface area contributed by atoms with Crippen molar-refractivity contribution in [1.29, 1.82) is 0 Å². The molecule has 0 spiro atoms. The lowest BCUT2D eigenvalue weighted by molar-refractivity contribution is -0.150. The number of phenolic OH excluding ortho intramolecular Hbond substituents is 1. The van der Waals surface area contributed by atoms with E-state index in [0.29, 0.717) is 16.8 Å². The molecule has 22 heavy (non-hydrogen) atoms. The van der Waals surface area contributed by atoms with E-state index >= 15 is 0 Å². The number of anilines is 1. The quantitative estimate of drug-likeness (QED) is 0.475. The van der Waals surface area contributed by atoms with Crippen molar-refractivity contribution in [2.75, 3.05) is 12.4 Å². The summed E-state index contributed by atoms with van der Waals surface area (Å²) in [5, 5.41) is 13.1. The number of benzene rings is 1. The van der Waals surface area contributed by atoms with E-state index < -0.39 is 11.9 Å². The first-order chi connectivity index (χ1) is 9.87. The van der Waals surface area contributed by atoms with Crippen LogP contribution in [-0.4, -0.2) is 24.1 Å². The Morgan fingerprint density at radius 2 is 1.41 bits per heavy atom. The number of phenols is 1. The highest BCUT2D eigenvalue weighted by Crippen LogP contribution is 2.40. The van der Waals surface area contributed by atoms with Gasteiger partial charge in [0.05, 0.1) is 7.11 Å². The van der Waals surface area contributed by atoms with Gasteiger partial charge in [-0.25, -0.2) is 4.79 Å². The van der Waals surface area contributed by atoms with Crippen molar-refractivity contribution in [1.82, 2.24) is 0 Å². The minimum atomic E-state index is -0.956. The lowest BCUT2D eigenvalue weighted by Gasteiger charge is -2.28. The van der Waals surface area contributed by atoms with Crippen LogP contribution in [0.15, 0.2) is 12.1 Å². The Bertz CT molecular complexity index is 557. The molecule has 1 aromatic carbocycles. The van der Waals surface area contributed by atoms with E-state index in [4.69, 9.17) is 0 Å². The number of ether oxygens (including phenoxy) is 1. The third-order valence-corrected chi connectivity index (χ3v) is 3.35. The molecule has 122 valence electrons. The molecular formula is C17H25NO4. The number of carbonyl (C=O) groups excluding carboxylic acids is 2. The molecule has 0 aliphatic rings.